The third-order valence-electron chi connectivity index (χ3n) is 4.81. The Balaban J connectivity index is 1.71. The first kappa shape index (κ1) is 20.2. The van der Waals surface area contributed by atoms with Crippen molar-refractivity contribution in [3.05, 3.63) is 64.2 Å². The van der Waals surface area contributed by atoms with Crippen molar-refractivity contribution < 1.29 is 9.18 Å². The zero-order chi connectivity index (χ0) is 21.4. The Bertz CT molecular complexity index is 1240. The molecule has 0 bridgehead atoms. The molecule has 6 nitrogen and oxygen atoms in total. The van der Waals surface area contributed by atoms with Crippen LogP contribution in [-0.2, 0) is 11.2 Å². The van der Waals surface area contributed by atoms with Gasteiger partial charge in [0.25, 0.3) is 0 Å². The number of halogens is 1. The number of nitrogens with one attached hydrogen (secondary N) is 1. The Morgan fingerprint density at radius 3 is 2.70 bits per heavy atom. The number of rotatable bonds is 5. The van der Waals surface area contributed by atoms with Crippen molar-refractivity contribution in [3.63, 3.8) is 0 Å². The molecule has 1 N–H and O–H groups in total. The highest BCUT2D eigenvalue weighted by Crippen LogP contribution is 2.28. The molecule has 0 spiro atoms. The summed E-state index contributed by atoms with van der Waals surface area (Å²) in [7, 11) is 0. The largest absolute Gasteiger partial charge is 0.303 e. The number of benzene rings is 1. The second kappa shape index (κ2) is 7.95. The number of aryl methyl sites for hydroxylation is 2. The lowest BCUT2D eigenvalue weighted by Crippen LogP contribution is -2.16. The number of hydrogen-bond donors (Lipinski definition) is 1. The molecule has 3 heterocycles. The SMILES string of the molecule is Cc1ccc2nc(-c3ccc(F)c(C)c3)c(CC(=O)Nc3nnc(C(C)C)s3)n2c1. The number of hydrogen-bond acceptors (Lipinski definition) is 5. The fourth-order valence-electron chi connectivity index (χ4n) is 3.23. The number of nitrogens with zero attached hydrogens (tertiary/aromatic N) is 4. The molecular weight excluding hydrogens is 401 g/mol. The zero-order valence-corrected chi connectivity index (χ0v) is 18.0. The molecule has 4 rings (SSSR count). The number of carbonyl (C=O) groups is 1. The van der Waals surface area contributed by atoms with Gasteiger partial charge in [-0.3, -0.25) is 4.79 Å². The van der Waals surface area contributed by atoms with E-state index in [0.29, 0.717) is 16.4 Å². The van der Waals surface area contributed by atoms with E-state index in [0.717, 1.165) is 27.5 Å². The maximum Gasteiger partial charge on any atom is 0.232 e. The molecule has 0 saturated heterocycles. The molecule has 30 heavy (non-hydrogen) atoms. The molecule has 154 valence electrons. The first-order chi connectivity index (χ1) is 14.3. The molecule has 0 aliphatic carbocycles. The van der Waals surface area contributed by atoms with Gasteiger partial charge < -0.3 is 9.72 Å². The summed E-state index contributed by atoms with van der Waals surface area (Å²) in [5.74, 6) is -0.219. The number of anilines is 1. The fraction of sp³-hybridized carbons (Fsp3) is 0.273. The minimum atomic E-state index is -0.269. The van der Waals surface area contributed by atoms with E-state index in [1.54, 1.807) is 19.1 Å². The maximum absolute atomic E-state index is 13.8. The third kappa shape index (κ3) is 3.95. The van der Waals surface area contributed by atoms with Gasteiger partial charge in [-0.1, -0.05) is 31.3 Å². The molecular formula is C22H22FN5OS. The van der Waals surface area contributed by atoms with Crippen LogP contribution >= 0.6 is 11.3 Å². The number of pyridine rings is 1. The van der Waals surface area contributed by atoms with Crippen LogP contribution in [0.2, 0.25) is 0 Å². The summed E-state index contributed by atoms with van der Waals surface area (Å²) >= 11 is 1.37. The highest BCUT2D eigenvalue weighted by Gasteiger charge is 2.19. The first-order valence-corrected chi connectivity index (χ1v) is 10.5. The van der Waals surface area contributed by atoms with Gasteiger partial charge in [0, 0.05) is 17.7 Å². The Hall–Kier alpha value is -3.13. The van der Waals surface area contributed by atoms with Gasteiger partial charge in [0.2, 0.25) is 11.0 Å². The average molecular weight is 424 g/mol. The van der Waals surface area contributed by atoms with Crippen LogP contribution in [0.1, 0.15) is 41.6 Å². The van der Waals surface area contributed by atoms with Gasteiger partial charge in [0.05, 0.1) is 17.8 Å². The molecule has 1 amide bonds. The molecule has 3 aromatic heterocycles. The van der Waals surface area contributed by atoms with E-state index < -0.39 is 0 Å². The van der Waals surface area contributed by atoms with Crippen molar-refractivity contribution in [2.45, 2.75) is 40.0 Å². The van der Waals surface area contributed by atoms with Gasteiger partial charge in [-0.15, -0.1) is 10.2 Å². The molecule has 0 aliphatic rings. The van der Waals surface area contributed by atoms with Crippen LogP contribution in [0.15, 0.2) is 36.5 Å². The topological polar surface area (TPSA) is 72.2 Å². The number of carbonyl (C=O) groups excluding carboxylic acids is 1. The second-order valence-corrected chi connectivity index (χ2v) is 8.64. The van der Waals surface area contributed by atoms with Gasteiger partial charge in [-0.2, -0.15) is 0 Å². The molecule has 4 aromatic rings. The van der Waals surface area contributed by atoms with Gasteiger partial charge in [0.15, 0.2) is 0 Å². The molecule has 0 fully saturated rings. The molecule has 8 heteroatoms. The summed E-state index contributed by atoms with van der Waals surface area (Å²) in [5, 5.41) is 12.4. The summed E-state index contributed by atoms with van der Waals surface area (Å²) < 4.78 is 15.7. The van der Waals surface area contributed by atoms with Crippen LogP contribution in [0.3, 0.4) is 0 Å². The molecule has 0 aliphatic heterocycles. The Labute approximate surface area is 177 Å². The highest BCUT2D eigenvalue weighted by molar-refractivity contribution is 7.15. The summed E-state index contributed by atoms with van der Waals surface area (Å²) in [6.07, 6.45) is 2.06. The highest BCUT2D eigenvalue weighted by atomic mass is 32.1. The van der Waals surface area contributed by atoms with Crippen molar-refractivity contribution in [2.24, 2.45) is 0 Å². The van der Waals surface area contributed by atoms with E-state index in [-0.39, 0.29) is 24.1 Å². The van der Waals surface area contributed by atoms with Gasteiger partial charge in [0.1, 0.15) is 16.5 Å². The lowest BCUT2D eigenvalue weighted by atomic mass is 10.1. The quantitative estimate of drug-likeness (QED) is 0.495. The van der Waals surface area contributed by atoms with E-state index in [4.69, 9.17) is 4.98 Å². The molecule has 1 aromatic carbocycles. The van der Waals surface area contributed by atoms with Crippen molar-refractivity contribution in [3.8, 4) is 11.3 Å². The smallest absolute Gasteiger partial charge is 0.232 e. The predicted molar refractivity (Wildman–Crippen MR) is 116 cm³/mol. The van der Waals surface area contributed by atoms with Crippen LogP contribution < -0.4 is 5.32 Å². The summed E-state index contributed by atoms with van der Waals surface area (Å²) in [4.78, 5) is 17.5. The average Bonchev–Trinajstić information content (AvgIpc) is 3.29. The number of fused-ring (bicyclic) bond motifs is 1. The fourth-order valence-corrected chi connectivity index (χ4v) is 3.99. The molecule has 0 saturated carbocycles. The third-order valence-corrected chi connectivity index (χ3v) is 5.94. The van der Waals surface area contributed by atoms with Gasteiger partial charge in [-0.25, -0.2) is 9.37 Å². The van der Waals surface area contributed by atoms with Crippen LogP contribution in [0, 0.1) is 19.7 Å². The standard InChI is InChI=1S/C22H22FN5OS/c1-12(2)21-26-27-22(30-21)25-19(29)10-17-20(15-6-7-16(23)14(4)9-15)24-18-8-5-13(3)11-28(17)18/h5-9,11-12H,10H2,1-4H3,(H,25,27,29). The van der Waals surface area contributed by atoms with E-state index in [1.807, 2.05) is 43.5 Å². The van der Waals surface area contributed by atoms with E-state index in [9.17, 15) is 9.18 Å². The van der Waals surface area contributed by atoms with E-state index in [1.165, 1.54) is 17.4 Å². The maximum atomic E-state index is 13.8. The summed E-state index contributed by atoms with van der Waals surface area (Å²) in [6.45, 7) is 7.76. The van der Waals surface area contributed by atoms with Gasteiger partial charge >= 0.3 is 0 Å². The monoisotopic (exact) mass is 423 g/mol. The Kier molecular flexibility index (Phi) is 5.34. The Morgan fingerprint density at radius 1 is 1.20 bits per heavy atom. The number of aromatic nitrogens is 4. The van der Waals surface area contributed by atoms with E-state index in [2.05, 4.69) is 15.5 Å². The van der Waals surface area contributed by atoms with Crippen molar-refractivity contribution in [1.29, 1.82) is 0 Å². The second-order valence-electron chi connectivity index (χ2n) is 7.63. The minimum absolute atomic E-state index is 0.104. The Morgan fingerprint density at radius 2 is 2.00 bits per heavy atom. The molecule has 0 unspecified atom stereocenters. The lowest BCUT2D eigenvalue weighted by molar-refractivity contribution is -0.115. The lowest BCUT2D eigenvalue weighted by Gasteiger charge is -2.07. The summed E-state index contributed by atoms with van der Waals surface area (Å²) in [6, 6.07) is 8.76. The van der Waals surface area contributed by atoms with Crippen molar-refractivity contribution >= 4 is 28.0 Å². The van der Waals surface area contributed by atoms with Gasteiger partial charge in [-0.05, 0) is 49.2 Å². The van der Waals surface area contributed by atoms with Crippen LogP contribution in [-0.4, -0.2) is 25.5 Å². The molecule has 0 radical (unpaired) electrons. The van der Waals surface area contributed by atoms with Crippen LogP contribution in [0.25, 0.3) is 16.9 Å². The number of amides is 1. The van der Waals surface area contributed by atoms with Crippen LogP contribution in [0.4, 0.5) is 9.52 Å². The zero-order valence-electron chi connectivity index (χ0n) is 17.2. The molecule has 0 atom stereocenters. The normalized spacial score (nSPS) is 11.4. The van der Waals surface area contributed by atoms with Crippen molar-refractivity contribution in [2.75, 3.05) is 5.32 Å². The summed E-state index contributed by atoms with van der Waals surface area (Å²) in [5.41, 5.74) is 4.50. The van der Waals surface area contributed by atoms with Crippen LogP contribution in [0.5, 0.6) is 0 Å². The predicted octanol–water partition coefficient (Wildman–Crippen LogP) is 4.91. The van der Waals surface area contributed by atoms with Crippen molar-refractivity contribution in [1.82, 2.24) is 19.6 Å². The van der Waals surface area contributed by atoms with E-state index >= 15 is 0 Å². The number of imidazole rings is 1. The first-order valence-electron chi connectivity index (χ1n) is 9.69. The minimum Gasteiger partial charge on any atom is -0.303 e.